The quantitative estimate of drug-likeness (QED) is 0.783. The van der Waals surface area contributed by atoms with Gasteiger partial charge in [-0.3, -0.25) is 4.79 Å². The Balaban J connectivity index is 1.55. The summed E-state index contributed by atoms with van der Waals surface area (Å²) in [6, 6.07) is 9.57. The van der Waals surface area contributed by atoms with Crippen LogP contribution in [0.15, 0.2) is 47.4 Å². The third-order valence-corrected chi connectivity index (χ3v) is 5.61. The molecule has 1 heterocycles. The van der Waals surface area contributed by atoms with Crippen LogP contribution < -0.4 is 10.0 Å². The lowest BCUT2D eigenvalue weighted by Crippen LogP contribution is -2.36. The molecule has 1 atom stereocenters. The number of carbonyl (C=O) groups is 1. The minimum atomic E-state index is -4.04. The topological polar surface area (TPSA) is 84.5 Å². The first-order chi connectivity index (χ1) is 12.9. The van der Waals surface area contributed by atoms with Gasteiger partial charge in [-0.05, 0) is 29.3 Å². The van der Waals surface area contributed by atoms with Gasteiger partial charge in [0, 0.05) is 13.0 Å². The molecule has 1 unspecified atom stereocenters. The summed E-state index contributed by atoms with van der Waals surface area (Å²) < 4.78 is 57.9. The molecule has 3 rings (SSSR count). The Bertz CT molecular complexity index is 950. The van der Waals surface area contributed by atoms with E-state index >= 15 is 0 Å². The Hall–Kier alpha value is -2.36. The Morgan fingerprint density at radius 1 is 1.15 bits per heavy atom. The summed E-state index contributed by atoms with van der Waals surface area (Å²) in [5.41, 5.74) is 1.97. The van der Waals surface area contributed by atoms with E-state index in [1.165, 1.54) is 0 Å². The van der Waals surface area contributed by atoms with E-state index in [2.05, 4.69) is 10.0 Å². The van der Waals surface area contributed by atoms with Crippen LogP contribution in [0.2, 0.25) is 0 Å². The number of hydrogen-bond acceptors (Lipinski definition) is 4. The van der Waals surface area contributed by atoms with Gasteiger partial charge in [0.1, 0.15) is 0 Å². The van der Waals surface area contributed by atoms with Gasteiger partial charge >= 0.3 is 0 Å². The molecular weight excluding hydrogens is 378 g/mol. The molecule has 144 valence electrons. The lowest BCUT2D eigenvalue weighted by atomic mass is 9.99. The first kappa shape index (κ1) is 19.4. The average Bonchev–Trinajstić information content (AvgIpc) is 2.64. The van der Waals surface area contributed by atoms with E-state index in [0.29, 0.717) is 19.3 Å². The summed E-state index contributed by atoms with van der Waals surface area (Å²) in [6.07, 6.45) is -0.110. The fraction of sp³-hybridized carbons (Fsp3) is 0.278. The number of ether oxygens (including phenoxy) is 1. The molecule has 0 spiro atoms. The molecule has 1 aliphatic rings. The number of halogens is 2. The molecule has 2 aromatic rings. The summed E-state index contributed by atoms with van der Waals surface area (Å²) in [7, 11) is -4.04. The predicted octanol–water partition coefficient (Wildman–Crippen LogP) is 2.02. The maximum atomic E-state index is 13.2. The second-order valence-corrected chi connectivity index (χ2v) is 7.82. The van der Waals surface area contributed by atoms with Gasteiger partial charge < -0.3 is 10.1 Å². The van der Waals surface area contributed by atoms with Crippen LogP contribution in [-0.2, 0) is 26.2 Å². The van der Waals surface area contributed by atoms with Crippen LogP contribution in [0.1, 0.15) is 23.6 Å². The highest BCUT2D eigenvalue weighted by Gasteiger charge is 2.22. The summed E-state index contributed by atoms with van der Waals surface area (Å²) in [5, 5.41) is 2.81. The number of carbonyl (C=O) groups excluding carboxylic acids is 1. The van der Waals surface area contributed by atoms with Gasteiger partial charge in [-0.1, -0.05) is 24.3 Å². The van der Waals surface area contributed by atoms with Gasteiger partial charge in [0.2, 0.25) is 15.9 Å². The molecule has 2 N–H and O–H groups in total. The fourth-order valence-corrected chi connectivity index (χ4v) is 3.84. The van der Waals surface area contributed by atoms with Crippen LogP contribution in [0, 0.1) is 11.6 Å². The van der Waals surface area contributed by atoms with Gasteiger partial charge in [-0.25, -0.2) is 21.9 Å². The van der Waals surface area contributed by atoms with Crippen molar-refractivity contribution in [1.82, 2.24) is 10.0 Å². The van der Waals surface area contributed by atoms with Crippen LogP contribution in [-0.4, -0.2) is 27.5 Å². The summed E-state index contributed by atoms with van der Waals surface area (Å²) in [4.78, 5) is 11.7. The number of fused-ring (bicyclic) bond motifs is 1. The first-order valence-corrected chi connectivity index (χ1v) is 9.75. The molecule has 0 aromatic heterocycles. The van der Waals surface area contributed by atoms with Crippen molar-refractivity contribution in [2.75, 3.05) is 13.2 Å². The molecule has 2 aromatic carbocycles. The lowest BCUT2D eigenvalue weighted by Gasteiger charge is -2.26. The lowest BCUT2D eigenvalue weighted by molar-refractivity contribution is -0.122. The van der Waals surface area contributed by atoms with Crippen molar-refractivity contribution in [2.24, 2.45) is 0 Å². The van der Waals surface area contributed by atoms with E-state index in [4.69, 9.17) is 4.74 Å². The number of sulfonamides is 1. The molecular formula is C18H18F2N2O4S. The van der Waals surface area contributed by atoms with Crippen molar-refractivity contribution in [3.05, 3.63) is 65.2 Å². The number of rotatable bonds is 6. The first-order valence-electron chi connectivity index (χ1n) is 8.26. The van der Waals surface area contributed by atoms with Crippen molar-refractivity contribution in [3.63, 3.8) is 0 Å². The fourth-order valence-electron chi connectivity index (χ4n) is 2.79. The zero-order valence-electron chi connectivity index (χ0n) is 14.2. The van der Waals surface area contributed by atoms with Crippen LogP contribution in [0.5, 0.6) is 0 Å². The van der Waals surface area contributed by atoms with E-state index in [1.807, 2.05) is 24.3 Å². The number of nitrogens with one attached hydrogen (secondary N) is 2. The monoisotopic (exact) mass is 396 g/mol. The second-order valence-electron chi connectivity index (χ2n) is 6.06. The standard InChI is InChI=1S/C18H18F2N2O4S/c19-15-6-5-13(9-16(15)20)27(24,25)21-8-7-18(23)22-17-11-26-10-12-3-1-2-4-14(12)17/h1-6,9,17,21H,7-8,10-11H2,(H,22,23). The zero-order valence-corrected chi connectivity index (χ0v) is 15.1. The maximum absolute atomic E-state index is 13.2. The zero-order chi connectivity index (χ0) is 19.4. The Kier molecular flexibility index (Phi) is 5.83. The Labute approximate surface area is 155 Å². The highest BCUT2D eigenvalue weighted by atomic mass is 32.2. The SMILES string of the molecule is O=C(CCNS(=O)(=O)c1ccc(F)c(F)c1)NC1COCc2ccccc21. The van der Waals surface area contributed by atoms with Crippen LogP contribution in [0.3, 0.4) is 0 Å². The Morgan fingerprint density at radius 2 is 1.93 bits per heavy atom. The molecule has 9 heteroatoms. The van der Waals surface area contributed by atoms with Crippen molar-refractivity contribution in [2.45, 2.75) is 24.0 Å². The van der Waals surface area contributed by atoms with Gasteiger partial charge in [-0.15, -0.1) is 0 Å². The molecule has 0 fully saturated rings. The molecule has 1 amide bonds. The molecule has 1 aliphatic heterocycles. The normalized spacial score (nSPS) is 16.6. The number of amides is 1. The largest absolute Gasteiger partial charge is 0.374 e. The third kappa shape index (κ3) is 4.68. The molecule has 27 heavy (non-hydrogen) atoms. The molecule has 0 saturated carbocycles. The highest BCUT2D eigenvalue weighted by molar-refractivity contribution is 7.89. The van der Waals surface area contributed by atoms with Gasteiger partial charge in [0.05, 0.1) is 24.2 Å². The van der Waals surface area contributed by atoms with E-state index in [0.717, 1.165) is 23.3 Å². The van der Waals surface area contributed by atoms with Gasteiger partial charge in [0.15, 0.2) is 11.6 Å². The smallest absolute Gasteiger partial charge is 0.240 e. The Morgan fingerprint density at radius 3 is 2.70 bits per heavy atom. The van der Waals surface area contributed by atoms with E-state index in [-0.39, 0.29) is 24.9 Å². The van der Waals surface area contributed by atoms with Gasteiger partial charge in [-0.2, -0.15) is 0 Å². The van der Waals surface area contributed by atoms with Crippen molar-refractivity contribution >= 4 is 15.9 Å². The predicted molar refractivity (Wildman–Crippen MR) is 93.1 cm³/mol. The number of hydrogen-bond donors (Lipinski definition) is 2. The van der Waals surface area contributed by atoms with Crippen LogP contribution in [0.4, 0.5) is 8.78 Å². The summed E-state index contributed by atoms with van der Waals surface area (Å²) in [5.74, 6) is -2.75. The van der Waals surface area contributed by atoms with E-state index < -0.39 is 26.6 Å². The van der Waals surface area contributed by atoms with E-state index in [9.17, 15) is 22.0 Å². The molecule has 6 nitrogen and oxygen atoms in total. The van der Waals surface area contributed by atoms with Gasteiger partial charge in [0.25, 0.3) is 0 Å². The molecule has 0 aliphatic carbocycles. The maximum Gasteiger partial charge on any atom is 0.240 e. The van der Waals surface area contributed by atoms with Crippen molar-refractivity contribution in [3.8, 4) is 0 Å². The summed E-state index contributed by atoms with van der Waals surface area (Å²) in [6.45, 7) is 0.641. The summed E-state index contributed by atoms with van der Waals surface area (Å²) >= 11 is 0. The molecule has 0 saturated heterocycles. The highest BCUT2D eigenvalue weighted by Crippen LogP contribution is 2.24. The van der Waals surface area contributed by atoms with Crippen LogP contribution >= 0.6 is 0 Å². The molecule has 0 radical (unpaired) electrons. The minimum Gasteiger partial charge on any atom is -0.374 e. The van der Waals surface area contributed by atoms with E-state index in [1.54, 1.807) is 0 Å². The minimum absolute atomic E-state index is 0.110. The third-order valence-electron chi connectivity index (χ3n) is 4.15. The van der Waals surface area contributed by atoms with Crippen LogP contribution in [0.25, 0.3) is 0 Å². The van der Waals surface area contributed by atoms with Crippen molar-refractivity contribution in [1.29, 1.82) is 0 Å². The number of benzene rings is 2. The average molecular weight is 396 g/mol. The molecule has 0 bridgehead atoms. The second kappa shape index (κ2) is 8.12. The van der Waals surface area contributed by atoms with Crippen molar-refractivity contribution < 1.29 is 26.7 Å².